The summed E-state index contributed by atoms with van der Waals surface area (Å²) in [7, 11) is 0. The van der Waals surface area contributed by atoms with E-state index in [1.807, 2.05) is 11.8 Å². The fourth-order valence-electron chi connectivity index (χ4n) is 0.542. The van der Waals surface area contributed by atoms with Gasteiger partial charge in [0.15, 0.2) is 0 Å². The predicted molar refractivity (Wildman–Crippen MR) is 44.5 cm³/mol. The lowest BCUT2D eigenvalue weighted by Gasteiger charge is -2.01. The van der Waals surface area contributed by atoms with Crippen LogP contribution in [0.15, 0.2) is 0 Å². The number of thioether (sulfide) groups is 1. The Kier molecular flexibility index (Phi) is 5.49. The molecule has 0 radical (unpaired) electrons. The Hall–Kier alpha value is -0.180. The third-order valence-electron chi connectivity index (χ3n) is 0.986. The molecule has 0 atom stereocenters. The first-order chi connectivity index (χ1) is 4.63. The fourth-order valence-corrected chi connectivity index (χ4v) is 1.32. The molecule has 0 unspecified atom stereocenters. The zero-order valence-corrected chi connectivity index (χ0v) is 7.28. The van der Waals surface area contributed by atoms with Gasteiger partial charge >= 0.3 is 5.97 Å². The van der Waals surface area contributed by atoms with E-state index in [-0.39, 0.29) is 0 Å². The molecule has 2 nitrogen and oxygen atoms in total. The molecule has 0 amide bonds. The highest BCUT2D eigenvalue weighted by molar-refractivity contribution is 7.99. The van der Waals surface area contributed by atoms with Crippen molar-refractivity contribution in [2.45, 2.75) is 31.9 Å². The number of carboxylic acids is 1. The highest BCUT2D eigenvalue weighted by Crippen LogP contribution is 2.10. The molecule has 0 aliphatic carbocycles. The molecule has 1 N–H and O–H groups in total. The smallest absolute Gasteiger partial charge is 0.303 e. The van der Waals surface area contributed by atoms with E-state index in [0.29, 0.717) is 11.7 Å². The maximum atomic E-state index is 10.0. The average molecular weight is 162 g/mol. The van der Waals surface area contributed by atoms with E-state index in [9.17, 15) is 4.79 Å². The molecule has 0 bridgehead atoms. The monoisotopic (exact) mass is 162 g/mol. The molecule has 0 spiro atoms. The molecule has 10 heavy (non-hydrogen) atoms. The van der Waals surface area contributed by atoms with Gasteiger partial charge in [0.05, 0.1) is 0 Å². The number of carboxylic acid groups (broad SMARTS) is 1. The van der Waals surface area contributed by atoms with Crippen LogP contribution in [0.5, 0.6) is 0 Å². The van der Waals surface area contributed by atoms with Crippen molar-refractivity contribution in [2.24, 2.45) is 0 Å². The summed E-state index contributed by atoms with van der Waals surface area (Å²) in [5.74, 6) is 0.272. The molecule has 0 aromatic carbocycles. The van der Waals surface area contributed by atoms with Gasteiger partial charge < -0.3 is 5.11 Å². The summed E-state index contributed by atoms with van der Waals surface area (Å²) in [6.07, 6.45) is 1.10. The van der Waals surface area contributed by atoms with Crippen molar-refractivity contribution in [3.05, 3.63) is 0 Å². The first-order valence-electron chi connectivity index (χ1n) is 3.46. The van der Waals surface area contributed by atoms with Gasteiger partial charge in [-0.25, -0.2) is 0 Å². The summed E-state index contributed by atoms with van der Waals surface area (Å²) in [6, 6.07) is 0. The summed E-state index contributed by atoms with van der Waals surface area (Å²) in [6.45, 7) is 4.23. The van der Waals surface area contributed by atoms with Crippen LogP contribution < -0.4 is 0 Å². The van der Waals surface area contributed by atoms with E-state index < -0.39 is 5.97 Å². The van der Waals surface area contributed by atoms with Crippen LogP contribution in [0.2, 0.25) is 0 Å². The van der Waals surface area contributed by atoms with Crippen LogP contribution in [0.4, 0.5) is 0 Å². The highest BCUT2D eigenvalue weighted by atomic mass is 32.2. The Morgan fingerprint density at radius 1 is 1.60 bits per heavy atom. The summed E-state index contributed by atoms with van der Waals surface area (Å²) >= 11 is 1.81. The van der Waals surface area contributed by atoms with Crippen molar-refractivity contribution in [1.29, 1.82) is 0 Å². The van der Waals surface area contributed by atoms with E-state index >= 15 is 0 Å². The molecule has 0 rings (SSSR count). The molecule has 0 fully saturated rings. The number of carbonyl (C=O) groups is 1. The van der Waals surface area contributed by atoms with Crippen molar-refractivity contribution >= 4 is 17.7 Å². The molecule has 0 aliphatic rings. The first-order valence-corrected chi connectivity index (χ1v) is 4.51. The van der Waals surface area contributed by atoms with E-state index in [1.54, 1.807) is 0 Å². The summed E-state index contributed by atoms with van der Waals surface area (Å²) in [4.78, 5) is 10.0. The van der Waals surface area contributed by atoms with Gasteiger partial charge in [-0.3, -0.25) is 4.79 Å². The van der Waals surface area contributed by atoms with Gasteiger partial charge in [0.1, 0.15) is 0 Å². The normalized spacial score (nSPS) is 10.3. The SMILES string of the molecule is CC(C)SCCCC(=O)O. The quantitative estimate of drug-likeness (QED) is 0.628. The van der Waals surface area contributed by atoms with E-state index in [0.717, 1.165) is 12.2 Å². The summed E-state index contributed by atoms with van der Waals surface area (Å²) in [5, 5.41) is 8.89. The summed E-state index contributed by atoms with van der Waals surface area (Å²) in [5.41, 5.74) is 0. The van der Waals surface area contributed by atoms with Crippen LogP contribution in [0.25, 0.3) is 0 Å². The lowest BCUT2D eigenvalue weighted by molar-refractivity contribution is -0.137. The van der Waals surface area contributed by atoms with Gasteiger partial charge in [0, 0.05) is 6.42 Å². The molecule has 0 heterocycles. The third kappa shape index (κ3) is 7.82. The van der Waals surface area contributed by atoms with Crippen LogP contribution >= 0.6 is 11.8 Å². The molecule has 3 heteroatoms. The molecule has 0 aromatic heterocycles. The Morgan fingerprint density at radius 3 is 2.60 bits per heavy atom. The Bertz CT molecular complexity index is 102. The summed E-state index contributed by atoms with van der Waals surface area (Å²) < 4.78 is 0. The van der Waals surface area contributed by atoms with Gasteiger partial charge in [0.25, 0.3) is 0 Å². The molecule has 0 aliphatic heterocycles. The maximum absolute atomic E-state index is 10.0. The second-order valence-corrected chi connectivity index (χ2v) is 4.10. The van der Waals surface area contributed by atoms with Crippen LogP contribution in [0.1, 0.15) is 26.7 Å². The minimum absolute atomic E-state index is 0.305. The van der Waals surface area contributed by atoms with Crippen molar-refractivity contribution in [3.8, 4) is 0 Å². The second-order valence-electron chi connectivity index (χ2n) is 2.42. The van der Waals surface area contributed by atoms with E-state index in [1.165, 1.54) is 0 Å². The zero-order chi connectivity index (χ0) is 7.98. The van der Waals surface area contributed by atoms with Crippen LogP contribution in [-0.2, 0) is 4.79 Å². The Morgan fingerprint density at radius 2 is 2.20 bits per heavy atom. The maximum Gasteiger partial charge on any atom is 0.303 e. The van der Waals surface area contributed by atoms with E-state index in [4.69, 9.17) is 5.11 Å². The first kappa shape index (κ1) is 9.82. The van der Waals surface area contributed by atoms with E-state index in [2.05, 4.69) is 13.8 Å². The van der Waals surface area contributed by atoms with Crippen molar-refractivity contribution < 1.29 is 9.90 Å². The number of hydrogen-bond acceptors (Lipinski definition) is 2. The molecular formula is C7H14O2S. The Balaban J connectivity index is 2.98. The zero-order valence-electron chi connectivity index (χ0n) is 6.46. The average Bonchev–Trinajstić information content (AvgIpc) is 1.79. The topological polar surface area (TPSA) is 37.3 Å². The third-order valence-corrected chi connectivity index (χ3v) is 2.18. The lowest BCUT2D eigenvalue weighted by atomic mass is 10.3. The fraction of sp³-hybridized carbons (Fsp3) is 0.857. The molecule has 0 saturated carbocycles. The predicted octanol–water partition coefficient (Wildman–Crippen LogP) is 1.99. The van der Waals surface area contributed by atoms with Crippen molar-refractivity contribution in [3.63, 3.8) is 0 Å². The largest absolute Gasteiger partial charge is 0.481 e. The number of aliphatic carboxylic acids is 1. The number of hydrogen-bond donors (Lipinski definition) is 1. The van der Waals surface area contributed by atoms with Gasteiger partial charge in [-0.05, 0) is 17.4 Å². The molecule has 60 valence electrons. The van der Waals surface area contributed by atoms with Crippen LogP contribution in [-0.4, -0.2) is 22.1 Å². The van der Waals surface area contributed by atoms with Crippen LogP contribution in [0, 0.1) is 0 Å². The minimum atomic E-state index is -0.690. The number of rotatable bonds is 5. The standard InChI is InChI=1S/C7H14O2S/c1-6(2)10-5-3-4-7(8)9/h6H,3-5H2,1-2H3,(H,8,9). The molecule has 0 saturated heterocycles. The van der Waals surface area contributed by atoms with Gasteiger partial charge in [0.2, 0.25) is 0 Å². The van der Waals surface area contributed by atoms with Gasteiger partial charge in [-0.1, -0.05) is 13.8 Å². The lowest BCUT2D eigenvalue weighted by Crippen LogP contribution is -1.96. The highest BCUT2D eigenvalue weighted by Gasteiger charge is 1.97. The molecule has 0 aromatic rings. The Labute approximate surface area is 66.0 Å². The van der Waals surface area contributed by atoms with Crippen LogP contribution in [0.3, 0.4) is 0 Å². The van der Waals surface area contributed by atoms with Gasteiger partial charge in [-0.2, -0.15) is 11.8 Å². The van der Waals surface area contributed by atoms with Gasteiger partial charge in [-0.15, -0.1) is 0 Å². The molecular weight excluding hydrogens is 148 g/mol. The second kappa shape index (κ2) is 5.59. The van der Waals surface area contributed by atoms with Crippen molar-refractivity contribution in [2.75, 3.05) is 5.75 Å². The van der Waals surface area contributed by atoms with Crippen molar-refractivity contribution in [1.82, 2.24) is 0 Å². The minimum Gasteiger partial charge on any atom is -0.481 e.